The van der Waals surface area contributed by atoms with Crippen LogP contribution in [0, 0.1) is 0 Å². The quantitative estimate of drug-likeness (QED) is 0.191. The average Bonchev–Trinajstić information content (AvgIpc) is 3.38. The Morgan fingerprint density at radius 2 is 0.826 bits per heavy atom. The van der Waals surface area contributed by atoms with Crippen LogP contribution in [0.5, 0.6) is 0 Å². The summed E-state index contributed by atoms with van der Waals surface area (Å²) in [4.78, 5) is 0. The zero-order chi connectivity index (χ0) is 31.8. The molecule has 0 atom stereocenters. The molecule has 0 N–H and O–H groups in total. The largest absolute Gasteiger partial charge is 0.0622 e. The summed E-state index contributed by atoms with van der Waals surface area (Å²) in [5, 5.41) is 5.24. The summed E-state index contributed by atoms with van der Waals surface area (Å²) in [6, 6.07) is 50.3. The zero-order valence-electron chi connectivity index (χ0n) is 27.7. The van der Waals surface area contributed by atoms with E-state index in [2.05, 4.69) is 175 Å². The summed E-state index contributed by atoms with van der Waals surface area (Å²) < 4.78 is 0. The highest BCUT2D eigenvalue weighted by molar-refractivity contribution is 6.27. The van der Waals surface area contributed by atoms with Crippen LogP contribution in [-0.2, 0) is 10.8 Å². The maximum absolute atomic E-state index is 2.44. The zero-order valence-corrected chi connectivity index (χ0v) is 27.7. The highest BCUT2D eigenvalue weighted by Gasteiger charge is 2.31. The number of fused-ring (bicyclic) bond motifs is 4. The lowest BCUT2D eigenvalue weighted by Gasteiger charge is -2.23. The molecule has 0 nitrogen and oxygen atoms in total. The van der Waals surface area contributed by atoms with Crippen molar-refractivity contribution in [2.45, 2.75) is 52.4 Å². The van der Waals surface area contributed by atoms with Crippen molar-refractivity contribution in [1.82, 2.24) is 0 Å². The van der Waals surface area contributed by atoms with Crippen molar-refractivity contribution >= 4 is 21.5 Å². The Kier molecular flexibility index (Phi) is 6.38. The second-order valence-corrected chi connectivity index (χ2v) is 15.0. The van der Waals surface area contributed by atoms with Crippen molar-refractivity contribution in [3.8, 4) is 55.6 Å². The lowest BCUT2D eigenvalue weighted by atomic mass is 9.80. The Balaban J connectivity index is 1.53. The van der Waals surface area contributed by atoms with Crippen LogP contribution in [0.25, 0.3) is 77.2 Å². The molecule has 0 heteroatoms. The van der Waals surface area contributed by atoms with E-state index in [1.54, 1.807) is 0 Å². The molecule has 1 aliphatic rings. The van der Waals surface area contributed by atoms with Crippen molar-refractivity contribution in [3.63, 3.8) is 0 Å². The van der Waals surface area contributed by atoms with Gasteiger partial charge in [0.25, 0.3) is 0 Å². The molecule has 0 radical (unpaired) electrons. The van der Waals surface area contributed by atoms with Crippen molar-refractivity contribution in [3.05, 3.63) is 145 Å². The predicted molar refractivity (Wildman–Crippen MR) is 200 cm³/mol. The molecule has 1 aliphatic carbocycles. The minimum Gasteiger partial charge on any atom is -0.0622 e. The predicted octanol–water partition coefficient (Wildman–Crippen LogP) is 13.2. The molecule has 0 aromatic heterocycles. The SMILES string of the molecule is CC(C)(C)c1ccc(-c2c3c(c(-c4ccc(C(C)(C)C)cc4)c4cc(-c5ccccc5)ccc24)-c2cccc4cccc-3c24)cc1. The summed E-state index contributed by atoms with van der Waals surface area (Å²) in [5.41, 5.74) is 15.9. The van der Waals surface area contributed by atoms with Crippen LogP contribution in [0.1, 0.15) is 52.7 Å². The van der Waals surface area contributed by atoms with Gasteiger partial charge >= 0.3 is 0 Å². The normalized spacial score (nSPS) is 12.6. The van der Waals surface area contributed by atoms with Gasteiger partial charge < -0.3 is 0 Å². The third-order valence-corrected chi connectivity index (χ3v) is 9.94. The summed E-state index contributed by atoms with van der Waals surface area (Å²) >= 11 is 0. The highest BCUT2D eigenvalue weighted by atomic mass is 14.3. The first-order chi connectivity index (χ1) is 22.1. The Bertz CT molecular complexity index is 2260. The van der Waals surface area contributed by atoms with E-state index < -0.39 is 0 Å². The second-order valence-electron chi connectivity index (χ2n) is 15.0. The van der Waals surface area contributed by atoms with Crippen molar-refractivity contribution < 1.29 is 0 Å². The van der Waals surface area contributed by atoms with Crippen LogP contribution in [0.2, 0.25) is 0 Å². The molecule has 0 bridgehead atoms. The maximum Gasteiger partial charge on any atom is -0.000741 e. The van der Waals surface area contributed by atoms with Crippen LogP contribution in [0.15, 0.2) is 133 Å². The van der Waals surface area contributed by atoms with Crippen LogP contribution < -0.4 is 0 Å². The van der Waals surface area contributed by atoms with E-state index in [1.807, 2.05) is 0 Å². The van der Waals surface area contributed by atoms with E-state index in [4.69, 9.17) is 0 Å². The molecule has 8 rings (SSSR count). The van der Waals surface area contributed by atoms with E-state index in [9.17, 15) is 0 Å². The Morgan fingerprint density at radius 3 is 1.33 bits per heavy atom. The minimum absolute atomic E-state index is 0.0912. The fourth-order valence-corrected chi connectivity index (χ4v) is 7.47. The lowest BCUT2D eigenvalue weighted by molar-refractivity contribution is 0.590. The monoisotopic (exact) mass is 592 g/mol. The van der Waals surface area contributed by atoms with Gasteiger partial charge in [-0.1, -0.05) is 169 Å². The molecule has 7 aromatic carbocycles. The molecule has 0 fully saturated rings. The van der Waals surface area contributed by atoms with Crippen LogP contribution in [-0.4, -0.2) is 0 Å². The molecule has 0 aliphatic heterocycles. The standard InChI is InChI=1S/C46H40/c1-45(2,3)34-23-18-31(19-24-34)41-36-27-22-33(29-12-8-7-9-13-29)28-39(36)42(32-20-25-35(26-21-32)46(4,5)6)44-38-17-11-15-30-14-10-16-37(40(30)38)43(41)44/h7-28H,1-6H3. The van der Waals surface area contributed by atoms with E-state index in [1.165, 1.54) is 88.3 Å². The van der Waals surface area contributed by atoms with Gasteiger partial charge in [0.1, 0.15) is 0 Å². The smallest absolute Gasteiger partial charge is 0.000741 e. The molecule has 0 saturated heterocycles. The molecular formula is C46H40. The summed E-state index contributed by atoms with van der Waals surface area (Å²) in [7, 11) is 0. The van der Waals surface area contributed by atoms with Gasteiger partial charge in [0.05, 0.1) is 0 Å². The Hall–Kier alpha value is -4.94. The molecule has 0 unspecified atom stereocenters. The van der Waals surface area contributed by atoms with Gasteiger partial charge in [0, 0.05) is 0 Å². The summed E-state index contributed by atoms with van der Waals surface area (Å²) in [6.07, 6.45) is 0. The number of rotatable bonds is 3. The van der Waals surface area contributed by atoms with E-state index in [0.29, 0.717) is 0 Å². The Morgan fingerprint density at radius 1 is 0.348 bits per heavy atom. The van der Waals surface area contributed by atoms with Crippen molar-refractivity contribution in [2.75, 3.05) is 0 Å². The van der Waals surface area contributed by atoms with Gasteiger partial charge in [-0.15, -0.1) is 0 Å². The first-order valence-corrected chi connectivity index (χ1v) is 16.5. The van der Waals surface area contributed by atoms with Gasteiger partial charge in [-0.2, -0.15) is 0 Å². The number of hydrogen-bond acceptors (Lipinski definition) is 0. The van der Waals surface area contributed by atoms with Gasteiger partial charge in [-0.25, -0.2) is 0 Å². The molecule has 0 saturated carbocycles. The fraction of sp³-hybridized carbons (Fsp3) is 0.174. The topological polar surface area (TPSA) is 0 Å². The molecular weight excluding hydrogens is 553 g/mol. The first kappa shape index (κ1) is 28.5. The van der Waals surface area contributed by atoms with Crippen molar-refractivity contribution in [2.24, 2.45) is 0 Å². The van der Waals surface area contributed by atoms with Gasteiger partial charge in [0.2, 0.25) is 0 Å². The highest BCUT2D eigenvalue weighted by Crippen LogP contribution is 2.58. The third kappa shape index (κ3) is 4.51. The first-order valence-electron chi connectivity index (χ1n) is 16.5. The van der Waals surface area contributed by atoms with Crippen molar-refractivity contribution in [1.29, 1.82) is 0 Å². The molecule has 0 spiro atoms. The van der Waals surface area contributed by atoms with Gasteiger partial charge in [-0.3, -0.25) is 0 Å². The van der Waals surface area contributed by atoms with E-state index in [-0.39, 0.29) is 10.8 Å². The molecule has 7 aromatic rings. The van der Waals surface area contributed by atoms with Crippen LogP contribution in [0.4, 0.5) is 0 Å². The number of hydrogen-bond donors (Lipinski definition) is 0. The lowest BCUT2D eigenvalue weighted by Crippen LogP contribution is -2.10. The molecule has 46 heavy (non-hydrogen) atoms. The fourth-order valence-electron chi connectivity index (χ4n) is 7.47. The molecule has 0 heterocycles. The van der Waals surface area contributed by atoms with E-state index >= 15 is 0 Å². The minimum atomic E-state index is 0.0912. The second kappa shape index (κ2) is 10.3. The summed E-state index contributed by atoms with van der Waals surface area (Å²) in [5.74, 6) is 0. The van der Waals surface area contributed by atoms with E-state index in [0.717, 1.165) is 0 Å². The maximum atomic E-state index is 2.44. The van der Waals surface area contributed by atoms with Crippen LogP contribution >= 0.6 is 0 Å². The Labute approximate surface area is 273 Å². The van der Waals surface area contributed by atoms with Gasteiger partial charge in [-0.05, 0) is 105 Å². The molecule has 224 valence electrons. The third-order valence-electron chi connectivity index (χ3n) is 9.94. The average molecular weight is 593 g/mol. The summed E-state index contributed by atoms with van der Waals surface area (Å²) in [6.45, 7) is 13.7. The molecule has 0 amide bonds. The number of benzene rings is 7. The van der Waals surface area contributed by atoms with Crippen LogP contribution in [0.3, 0.4) is 0 Å². The van der Waals surface area contributed by atoms with Gasteiger partial charge in [0.15, 0.2) is 0 Å².